The van der Waals surface area contributed by atoms with E-state index in [4.69, 9.17) is 11.6 Å². The molecule has 1 heterocycles. The predicted molar refractivity (Wildman–Crippen MR) is 130 cm³/mol. The van der Waals surface area contributed by atoms with Gasteiger partial charge in [0.15, 0.2) is 0 Å². The standard InChI is InChI=1S/C24H30ClFN4O2S/c1-3-12-27-33(31,32)29-24-18-4-5-19(24)14-22(25)17(13-18)8-11-21-15-23(30(2)28-21)16-6-9-20(26)10-7-16/h6-11,15,18-19,24,27,29H,3-5,12-14H2,1-2H3/b11-8+/t18?,19-,24?/m0/s1. The van der Waals surface area contributed by atoms with E-state index < -0.39 is 10.2 Å². The molecule has 0 aliphatic heterocycles. The first kappa shape index (κ1) is 24.1. The van der Waals surface area contributed by atoms with E-state index in [-0.39, 0.29) is 23.7 Å². The summed E-state index contributed by atoms with van der Waals surface area (Å²) < 4.78 is 45.4. The van der Waals surface area contributed by atoms with Crippen molar-refractivity contribution in [1.29, 1.82) is 0 Å². The molecule has 0 radical (unpaired) electrons. The normalized spacial score (nSPS) is 23.5. The van der Waals surface area contributed by atoms with Crippen LogP contribution in [-0.4, -0.2) is 30.8 Å². The Balaban J connectivity index is 1.49. The van der Waals surface area contributed by atoms with E-state index in [1.54, 1.807) is 16.8 Å². The van der Waals surface area contributed by atoms with Crippen molar-refractivity contribution in [3.8, 4) is 11.3 Å². The highest BCUT2D eigenvalue weighted by atomic mass is 35.5. The number of benzene rings is 1. The third-order valence-electron chi connectivity index (χ3n) is 6.52. The van der Waals surface area contributed by atoms with Gasteiger partial charge in [-0.3, -0.25) is 4.68 Å². The van der Waals surface area contributed by atoms with Gasteiger partial charge in [0, 0.05) is 24.7 Å². The first-order valence-electron chi connectivity index (χ1n) is 11.4. The zero-order valence-electron chi connectivity index (χ0n) is 18.9. The number of nitrogens with one attached hydrogen (secondary N) is 2. The second-order valence-corrected chi connectivity index (χ2v) is 10.9. The van der Waals surface area contributed by atoms with Gasteiger partial charge in [-0.15, -0.1) is 0 Å². The summed E-state index contributed by atoms with van der Waals surface area (Å²) in [6.45, 7) is 2.36. The average molecular weight is 493 g/mol. The highest BCUT2D eigenvalue weighted by molar-refractivity contribution is 7.87. The van der Waals surface area contributed by atoms with Gasteiger partial charge in [0.05, 0.1) is 11.4 Å². The molecule has 1 saturated carbocycles. The number of aryl methyl sites for hydroxylation is 1. The van der Waals surface area contributed by atoms with Gasteiger partial charge in [-0.05, 0) is 91.5 Å². The van der Waals surface area contributed by atoms with E-state index in [0.717, 1.165) is 53.2 Å². The number of allylic oxidation sites excluding steroid dienone is 3. The largest absolute Gasteiger partial charge is 0.277 e. The second-order valence-electron chi connectivity index (χ2n) is 8.90. The minimum absolute atomic E-state index is 0.112. The van der Waals surface area contributed by atoms with Crippen LogP contribution >= 0.6 is 11.6 Å². The highest BCUT2D eigenvalue weighted by Crippen LogP contribution is 2.44. The molecule has 178 valence electrons. The third-order valence-corrected chi connectivity index (χ3v) is 8.09. The van der Waals surface area contributed by atoms with Crippen molar-refractivity contribution in [3.63, 3.8) is 0 Å². The van der Waals surface area contributed by atoms with Gasteiger partial charge in [0.2, 0.25) is 0 Å². The fourth-order valence-electron chi connectivity index (χ4n) is 4.84. The number of fused-ring (bicyclic) bond motifs is 2. The molecule has 0 spiro atoms. The lowest BCUT2D eigenvalue weighted by atomic mass is 9.95. The summed E-state index contributed by atoms with van der Waals surface area (Å²) in [7, 11) is -1.67. The summed E-state index contributed by atoms with van der Waals surface area (Å²) in [6.07, 6.45) is 8.03. The van der Waals surface area contributed by atoms with Gasteiger partial charge in [0.25, 0.3) is 10.2 Å². The van der Waals surface area contributed by atoms with E-state index in [1.165, 1.54) is 12.1 Å². The Morgan fingerprint density at radius 2 is 1.88 bits per heavy atom. The van der Waals surface area contributed by atoms with Gasteiger partial charge in [-0.25, -0.2) is 9.11 Å². The zero-order chi connectivity index (χ0) is 23.6. The molecular weight excluding hydrogens is 463 g/mol. The molecule has 33 heavy (non-hydrogen) atoms. The van der Waals surface area contributed by atoms with Crippen molar-refractivity contribution < 1.29 is 12.8 Å². The van der Waals surface area contributed by atoms with Crippen LogP contribution in [0.25, 0.3) is 17.3 Å². The molecule has 2 aromatic rings. The Kier molecular flexibility index (Phi) is 7.38. The minimum Gasteiger partial charge on any atom is -0.267 e. The summed E-state index contributed by atoms with van der Waals surface area (Å²) in [4.78, 5) is 0. The lowest BCUT2D eigenvalue weighted by Gasteiger charge is -2.23. The van der Waals surface area contributed by atoms with E-state index in [0.29, 0.717) is 13.0 Å². The molecular formula is C24H30ClFN4O2S. The SMILES string of the molecule is CCCNS(=O)(=O)NC1C2CC[C@H]1CC(Cl)=C(/C=C/c1cc(-c3ccc(F)cc3)n(C)n1)C2. The molecule has 2 N–H and O–H groups in total. The summed E-state index contributed by atoms with van der Waals surface area (Å²) in [5, 5.41) is 5.34. The molecule has 2 aliphatic rings. The monoisotopic (exact) mass is 492 g/mol. The predicted octanol–water partition coefficient (Wildman–Crippen LogP) is 4.75. The summed E-state index contributed by atoms with van der Waals surface area (Å²) in [5.74, 6) is 0.140. The number of hydrogen-bond donors (Lipinski definition) is 2. The molecule has 0 amide bonds. The zero-order valence-corrected chi connectivity index (χ0v) is 20.5. The van der Waals surface area contributed by atoms with Crippen LogP contribution in [0.1, 0.15) is 44.7 Å². The summed E-state index contributed by atoms with van der Waals surface area (Å²) in [5.41, 5.74) is 3.60. The molecule has 2 bridgehead atoms. The summed E-state index contributed by atoms with van der Waals surface area (Å²) >= 11 is 6.69. The molecule has 1 aromatic heterocycles. The minimum atomic E-state index is -3.52. The van der Waals surface area contributed by atoms with Gasteiger partial charge < -0.3 is 0 Å². The molecule has 3 atom stereocenters. The highest BCUT2D eigenvalue weighted by Gasteiger charge is 2.41. The quantitative estimate of drug-likeness (QED) is 0.558. The molecule has 0 saturated heterocycles. The smallest absolute Gasteiger partial charge is 0.267 e. The first-order valence-corrected chi connectivity index (χ1v) is 13.2. The maximum Gasteiger partial charge on any atom is 0.277 e. The molecule has 9 heteroatoms. The van der Waals surface area contributed by atoms with Crippen molar-refractivity contribution in [1.82, 2.24) is 19.2 Å². The van der Waals surface area contributed by atoms with Crippen LogP contribution in [0.3, 0.4) is 0 Å². The fraction of sp³-hybridized carbons (Fsp3) is 0.458. The number of aromatic nitrogens is 2. The maximum absolute atomic E-state index is 13.2. The lowest BCUT2D eigenvalue weighted by molar-refractivity contribution is 0.385. The maximum atomic E-state index is 13.2. The molecule has 4 rings (SSSR count). The van der Waals surface area contributed by atoms with Crippen molar-refractivity contribution in [2.45, 2.75) is 45.1 Å². The van der Waals surface area contributed by atoms with Gasteiger partial charge in [-0.2, -0.15) is 18.2 Å². The van der Waals surface area contributed by atoms with Crippen LogP contribution in [-0.2, 0) is 17.3 Å². The number of hydrogen-bond acceptors (Lipinski definition) is 3. The lowest BCUT2D eigenvalue weighted by Crippen LogP contribution is -2.46. The van der Waals surface area contributed by atoms with Crippen LogP contribution in [0.5, 0.6) is 0 Å². The van der Waals surface area contributed by atoms with Crippen LogP contribution in [0.4, 0.5) is 4.39 Å². The number of halogens is 2. The Hall–Kier alpha value is -2.00. The third kappa shape index (κ3) is 5.74. The van der Waals surface area contributed by atoms with Crippen LogP contribution in [0, 0.1) is 17.7 Å². The van der Waals surface area contributed by atoms with Crippen LogP contribution < -0.4 is 9.44 Å². The molecule has 2 unspecified atom stereocenters. The van der Waals surface area contributed by atoms with Crippen molar-refractivity contribution in [2.75, 3.05) is 6.54 Å². The second kappa shape index (κ2) is 10.1. The Morgan fingerprint density at radius 1 is 1.18 bits per heavy atom. The molecule has 1 fully saturated rings. The van der Waals surface area contributed by atoms with E-state index in [9.17, 15) is 12.8 Å². The van der Waals surface area contributed by atoms with Crippen LogP contribution in [0.2, 0.25) is 0 Å². The van der Waals surface area contributed by atoms with Crippen molar-refractivity contribution in [3.05, 3.63) is 58.5 Å². The number of nitrogens with zero attached hydrogens (tertiary/aromatic N) is 2. The molecule has 6 nitrogen and oxygen atoms in total. The van der Waals surface area contributed by atoms with E-state index in [1.807, 2.05) is 32.2 Å². The van der Waals surface area contributed by atoms with E-state index >= 15 is 0 Å². The Morgan fingerprint density at radius 3 is 2.58 bits per heavy atom. The average Bonchev–Trinajstić information content (AvgIpc) is 3.28. The van der Waals surface area contributed by atoms with E-state index in [2.05, 4.69) is 14.5 Å². The Labute approximate surface area is 200 Å². The van der Waals surface area contributed by atoms with Crippen molar-refractivity contribution >= 4 is 27.9 Å². The summed E-state index contributed by atoms with van der Waals surface area (Å²) in [6, 6.07) is 8.18. The van der Waals surface area contributed by atoms with Gasteiger partial charge in [0.1, 0.15) is 5.82 Å². The molecule has 1 aromatic carbocycles. The van der Waals surface area contributed by atoms with Gasteiger partial charge in [-0.1, -0.05) is 24.6 Å². The van der Waals surface area contributed by atoms with Crippen molar-refractivity contribution in [2.24, 2.45) is 18.9 Å². The van der Waals surface area contributed by atoms with Crippen LogP contribution in [0.15, 0.2) is 47.0 Å². The topological polar surface area (TPSA) is 76.0 Å². The molecule has 2 aliphatic carbocycles. The van der Waals surface area contributed by atoms with Gasteiger partial charge >= 0.3 is 0 Å². The Bertz CT molecular complexity index is 1160. The fourth-order valence-corrected chi connectivity index (χ4v) is 6.48. The number of rotatable bonds is 8. The first-order chi connectivity index (χ1) is 15.8.